The van der Waals surface area contributed by atoms with E-state index in [-0.39, 0.29) is 18.0 Å². The fraction of sp³-hybridized carbons (Fsp3) is 0.192. The molecular weight excluding hydrogens is 414 g/mol. The first-order chi connectivity index (χ1) is 16.1. The van der Waals surface area contributed by atoms with E-state index in [0.29, 0.717) is 24.6 Å². The average Bonchev–Trinajstić information content (AvgIpc) is 3.31. The number of nitrogens with one attached hydrogen (secondary N) is 1. The van der Waals surface area contributed by atoms with Crippen LogP contribution in [0.15, 0.2) is 77.7 Å². The highest BCUT2D eigenvalue weighted by Crippen LogP contribution is 2.29. The number of rotatable bonds is 6. The predicted molar refractivity (Wildman–Crippen MR) is 130 cm³/mol. The number of imidazole rings is 2. The van der Waals surface area contributed by atoms with Gasteiger partial charge in [0.15, 0.2) is 0 Å². The van der Waals surface area contributed by atoms with Crippen molar-refractivity contribution in [3.8, 4) is 11.3 Å². The molecule has 1 N–H and O–H groups in total. The molecular formula is C26H25N5O2. The Balaban J connectivity index is 1.45. The molecule has 0 aliphatic heterocycles. The van der Waals surface area contributed by atoms with Crippen molar-refractivity contribution in [2.75, 3.05) is 5.32 Å². The molecule has 3 aromatic heterocycles. The fourth-order valence-corrected chi connectivity index (χ4v) is 4.27. The monoisotopic (exact) mass is 439 g/mol. The molecule has 0 aliphatic carbocycles. The molecule has 2 aromatic carbocycles. The summed E-state index contributed by atoms with van der Waals surface area (Å²) < 4.78 is 5.30. The van der Waals surface area contributed by atoms with E-state index in [9.17, 15) is 9.59 Å². The number of nitrogens with zero attached hydrogens (tertiary/aromatic N) is 4. The van der Waals surface area contributed by atoms with Crippen molar-refractivity contribution in [2.45, 2.75) is 33.4 Å². The highest BCUT2D eigenvalue weighted by molar-refractivity contribution is 5.94. The largest absolute Gasteiger partial charge is 0.329 e. The lowest BCUT2D eigenvalue weighted by atomic mass is 10.1. The molecule has 0 saturated heterocycles. The van der Waals surface area contributed by atoms with Crippen LogP contribution in [-0.4, -0.2) is 24.4 Å². The number of aromatic nitrogens is 4. The van der Waals surface area contributed by atoms with E-state index in [1.165, 1.54) is 0 Å². The molecule has 0 unspecified atom stereocenters. The highest BCUT2D eigenvalue weighted by Gasteiger charge is 2.18. The normalized spacial score (nSPS) is 11.3. The molecule has 7 nitrogen and oxygen atoms in total. The molecule has 5 rings (SSSR count). The van der Waals surface area contributed by atoms with Crippen LogP contribution in [0.1, 0.15) is 18.9 Å². The highest BCUT2D eigenvalue weighted by atomic mass is 16.2. The van der Waals surface area contributed by atoms with Crippen LogP contribution in [0.25, 0.3) is 27.9 Å². The third kappa shape index (κ3) is 3.71. The van der Waals surface area contributed by atoms with Gasteiger partial charge in [-0.05, 0) is 43.7 Å². The zero-order valence-electron chi connectivity index (χ0n) is 18.7. The van der Waals surface area contributed by atoms with Crippen molar-refractivity contribution in [1.82, 2.24) is 18.5 Å². The predicted octanol–water partition coefficient (Wildman–Crippen LogP) is 4.47. The van der Waals surface area contributed by atoms with E-state index in [0.717, 1.165) is 27.8 Å². The van der Waals surface area contributed by atoms with Gasteiger partial charge in [0.2, 0.25) is 5.91 Å². The second kappa shape index (κ2) is 8.43. The first kappa shape index (κ1) is 20.8. The molecule has 0 aliphatic rings. The maximum Gasteiger partial charge on any atom is 0.329 e. The molecule has 0 radical (unpaired) electrons. The summed E-state index contributed by atoms with van der Waals surface area (Å²) in [7, 11) is 0. The standard InChI is InChI=1S/C26H25N5O2/c1-3-29-20-11-7-8-12-21(20)30(26(29)33)16-14-23(32)28-25-24(19-9-5-4-6-10-19)27-22-17-18(2)13-15-31(22)25/h4-13,15,17H,3,14,16H2,1-2H3,(H,28,32). The Kier molecular flexibility index (Phi) is 5.30. The molecule has 5 aromatic rings. The van der Waals surface area contributed by atoms with E-state index in [2.05, 4.69) is 5.32 Å². The number of pyridine rings is 1. The van der Waals surface area contributed by atoms with Gasteiger partial charge >= 0.3 is 5.69 Å². The molecule has 0 atom stereocenters. The second-order valence-electron chi connectivity index (χ2n) is 8.07. The topological polar surface area (TPSA) is 73.3 Å². The fourth-order valence-electron chi connectivity index (χ4n) is 4.27. The number of aryl methyl sites for hydroxylation is 3. The zero-order valence-corrected chi connectivity index (χ0v) is 18.7. The minimum Gasteiger partial charge on any atom is -0.310 e. The van der Waals surface area contributed by atoms with Gasteiger partial charge in [-0.15, -0.1) is 0 Å². The van der Waals surface area contributed by atoms with Crippen molar-refractivity contribution < 1.29 is 4.79 Å². The third-order valence-corrected chi connectivity index (χ3v) is 5.89. The van der Waals surface area contributed by atoms with Crippen LogP contribution in [0.5, 0.6) is 0 Å². The molecule has 0 fully saturated rings. The maximum absolute atomic E-state index is 13.0. The van der Waals surface area contributed by atoms with Gasteiger partial charge in [-0.2, -0.15) is 0 Å². The number of benzene rings is 2. The third-order valence-electron chi connectivity index (χ3n) is 5.89. The summed E-state index contributed by atoms with van der Waals surface area (Å²) in [6.07, 6.45) is 2.09. The molecule has 166 valence electrons. The van der Waals surface area contributed by atoms with Gasteiger partial charge in [0, 0.05) is 31.3 Å². The molecule has 0 spiro atoms. The summed E-state index contributed by atoms with van der Waals surface area (Å²) >= 11 is 0. The van der Waals surface area contributed by atoms with E-state index < -0.39 is 0 Å². The summed E-state index contributed by atoms with van der Waals surface area (Å²) in [6.45, 7) is 4.84. The van der Waals surface area contributed by atoms with Crippen molar-refractivity contribution in [2.24, 2.45) is 0 Å². The number of carbonyl (C=O) groups excluding carboxylic acids is 1. The van der Waals surface area contributed by atoms with Crippen LogP contribution < -0.4 is 11.0 Å². The molecule has 7 heteroatoms. The quantitative estimate of drug-likeness (QED) is 0.424. The second-order valence-corrected chi connectivity index (χ2v) is 8.07. The first-order valence-corrected chi connectivity index (χ1v) is 11.1. The SMILES string of the molecule is CCn1c(=O)n(CCC(=O)Nc2c(-c3ccccc3)nc3cc(C)ccn23)c2ccccc21. The van der Waals surface area contributed by atoms with Gasteiger partial charge < -0.3 is 5.32 Å². The van der Waals surface area contributed by atoms with Crippen LogP contribution in [0, 0.1) is 6.92 Å². The van der Waals surface area contributed by atoms with Crippen molar-refractivity contribution in [1.29, 1.82) is 0 Å². The van der Waals surface area contributed by atoms with Gasteiger partial charge in [0.1, 0.15) is 17.2 Å². The number of amides is 1. The Bertz CT molecular complexity index is 1530. The van der Waals surface area contributed by atoms with E-state index in [1.807, 2.05) is 91.2 Å². The number of fused-ring (bicyclic) bond motifs is 2. The Morgan fingerprint density at radius 2 is 1.67 bits per heavy atom. The number of hydrogen-bond acceptors (Lipinski definition) is 3. The number of para-hydroxylation sites is 2. The Morgan fingerprint density at radius 3 is 2.39 bits per heavy atom. The summed E-state index contributed by atoms with van der Waals surface area (Å²) in [5.74, 6) is 0.458. The molecule has 3 heterocycles. The molecule has 33 heavy (non-hydrogen) atoms. The lowest BCUT2D eigenvalue weighted by Crippen LogP contribution is -2.26. The maximum atomic E-state index is 13.0. The van der Waals surface area contributed by atoms with E-state index in [1.54, 1.807) is 9.13 Å². The van der Waals surface area contributed by atoms with Crippen LogP contribution in [0.3, 0.4) is 0 Å². The summed E-state index contributed by atoms with van der Waals surface area (Å²) in [6, 6.07) is 21.5. The summed E-state index contributed by atoms with van der Waals surface area (Å²) in [5.41, 5.74) is 5.14. The van der Waals surface area contributed by atoms with E-state index in [4.69, 9.17) is 4.98 Å². The van der Waals surface area contributed by atoms with Crippen LogP contribution >= 0.6 is 0 Å². The molecule has 0 saturated carbocycles. The van der Waals surface area contributed by atoms with Gasteiger partial charge in [-0.1, -0.05) is 42.5 Å². The van der Waals surface area contributed by atoms with Gasteiger partial charge in [-0.3, -0.25) is 18.3 Å². The van der Waals surface area contributed by atoms with Crippen molar-refractivity contribution in [3.63, 3.8) is 0 Å². The summed E-state index contributed by atoms with van der Waals surface area (Å²) in [4.78, 5) is 30.7. The Hall–Kier alpha value is -4.13. The minimum absolute atomic E-state index is 0.0956. The first-order valence-electron chi connectivity index (χ1n) is 11.1. The van der Waals surface area contributed by atoms with Crippen molar-refractivity contribution in [3.05, 3.63) is 89.0 Å². The number of carbonyl (C=O) groups is 1. The van der Waals surface area contributed by atoms with E-state index >= 15 is 0 Å². The zero-order chi connectivity index (χ0) is 22.9. The molecule has 0 bridgehead atoms. The van der Waals surface area contributed by atoms with Crippen molar-refractivity contribution >= 4 is 28.4 Å². The Morgan fingerprint density at radius 1 is 0.970 bits per heavy atom. The lowest BCUT2D eigenvalue weighted by molar-refractivity contribution is -0.116. The lowest BCUT2D eigenvalue weighted by Gasteiger charge is -2.09. The van der Waals surface area contributed by atoms with Crippen LogP contribution in [0.4, 0.5) is 5.82 Å². The molecule has 1 amide bonds. The Labute approximate surface area is 190 Å². The van der Waals surface area contributed by atoms with Crippen LogP contribution in [-0.2, 0) is 17.9 Å². The minimum atomic E-state index is -0.171. The number of hydrogen-bond donors (Lipinski definition) is 1. The average molecular weight is 440 g/mol. The smallest absolute Gasteiger partial charge is 0.310 e. The van der Waals surface area contributed by atoms with Crippen LogP contribution in [0.2, 0.25) is 0 Å². The van der Waals surface area contributed by atoms with Gasteiger partial charge in [-0.25, -0.2) is 9.78 Å². The van der Waals surface area contributed by atoms with Gasteiger partial charge in [0.25, 0.3) is 0 Å². The summed E-state index contributed by atoms with van der Waals surface area (Å²) in [5, 5.41) is 3.05. The number of anilines is 1. The van der Waals surface area contributed by atoms with Gasteiger partial charge in [0.05, 0.1) is 11.0 Å².